The average Bonchev–Trinajstić information content (AvgIpc) is 2.71. The summed E-state index contributed by atoms with van der Waals surface area (Å²) < 4.78 is 6.54. The Labute approximate surface area is 91.5 Å². The minimum atomic E-state index is -1.06. The van der Waals surface area contributed by atoms with Gasteiger partial charge in [-0.1, -0.05) is 5.16 Å². The van der Waals surface area contributed by atoms with Crippen molar-refractivity contribution in [2.45, 2.75) is 13.8 Å². The zero-order valence-electron chi connectivity index (χ0n) is 9.18. The molecule has 6 heteroatoms. The van der Waals surface area contributed by atoms with Crippen LogP contribution in [-0.2, 0) is 7.05 Å². The van der Waals surface area contributed by atoms with E-state index < -0.39 is 5.97 Å². The highest BCUT2D eigenvalue weighted by Crippen LogP contribution is 2.24. The van der Waals surface area contributed by atoms with Crippen LogP contribution in [0.4, 0.5) is 0 Å². The van der Waals surface area contributed by atoms with E-state index >= 15 is 0 Å². The maximum Gasteiger partial charge on any atom is 0.341 e. The van der Waals surface area contributed by atoms with Gasteiger partial charge in [0.05, 0.1) is 0 Å². The number of nitrogens with zero attached hydrogens (tertiary/aromatic N) is 3. The van der Waals surface area contributed by atoms with Gasteiger partial charge < -0.3 is 9.63 Å². The second-order valence-corrected chi connectivity index (χ2v) is 3.56. The summed E-state index contributed by atoms with van der Waals surface area (Å²) in [6.45, 7) is 3.44. The van der Waals surface area contributed by atoms with Crippen molar-refractivity contribution in [1.29, 1.82) is 0 Å². The van der Waals surface area contributed by atoms with Gasteiger partial charge in [0.1, 0.15) is 22.7 Å². The first-order valence-corrected chi connectivity index (χ1v) is 4.71. The summed E-state index contributed by atoms with van der Waals surface area (Å²) in [6, 6.07) is 1.77. The third kappa shape index (κ3) is 1.48. The largest absolute Gasteiger partial charge is 0.477 e. The van der Waals surface area contributed by atoms with Crippen LogP contribution in [-0.4, -0.2) is 26.0 Å². The van der Waals surface area contributed by atoms with Crippen LogP contribution in [0.15, 0.2) is 10.6 Å². The molecule has 0 aliphatic carbocycles. The number of aromatic carboxylic acids is 1. The van der Waals surface area contributed by atoms with Crippen LogP contribution in [0.1, 0.15) is 21.8 Å². The Kier molecular flexibility index (Phi) is 2.26. The van der Waals surface area contributed by atoms with E-state index in [0.717, 1.165) is 5.69 Å². The van der Waals surface area contributed by atoms with E-state index in [-0.39, 0.29) is 17.0 Å². The first kappa shape index (κ1) is 10.4. The van der Waals surface area contributed by atoms with Crippen LogP contribution in [0.2, 0.25) is 0 Å². The minimum absolute atomic E-state index is 0.0677. The summed E-state index contributed by atoms with van der Waals surface area (Å²) in [7, 11) is 1.78. The van der Waals surface area contributed by atoms with Crippen molar-refractivity contribution >= 4 is 5.97 Å². The van der Waals surface area contributed by atoms with E-state index in [1.807, 2.05) is 6.92 Å². The molecule has 0 unspecified atom stereocenters. The molecule has 6 nitrogen and oxygen atoms in total. The lowest BCUT2D eigenvalue weighted by Gasteiger charge is -1.92. The lowest BCUT2D eigenvalue weighted by Crippen LogP contribution is -2.00. The second kappa shape index (κ2) is 3.48. The molecule has 16 heavy (non-hydrogen) atoms. The summed E-state index contributed by atoms with van der Waals surface area (Å²) in [4.78, 5) is 11.0. The summed E-state index contributed by atoms with van der Waals surface area (Å²) in [5, 5.41) is 16.9. The van der Waals surface area contributed by atoms with Gasteiger partial charge in [-0.15, -0.1) is 0 Å². The fraction of sp³-hybridized carbons (Fsp3) is 0.300. The number of aryl methyl sites for hydroxylation is 3. The molecule has 0 spiro atoms. The zero-order chi connectivity index (χ0) is 11.9. The van der Waals surface area contributed by atoms with Crippen LogP contribution in [0, 0.1) is 13.8 Å². The van der Waals surface area contributed by atoms with Gasteiger partial charge in [0.15, 0.2) is 0 Å². The molecule has 1 N–H and O–H groups in total. The first-order chi connectivity index (χ1) is 7.50. The minimum Gasteiger partial charge on any atom is -0.477 e. The molecule has 2 rings (SSSR count). The van der Waals surface area contributed by atoms with E-state index in [9.17, 15) is 4.79 Å². The maximum atomic E-state index is 11.0. The van der Waals surface area contributed by atoms with Gasteiger partial charge in [-0.2, -0.15) is 5.10 Å². The lowest BCUT2D eigenvalue weighted by atomic mass is 10.1. The summed E-state index contributed by atoms with van der Waals surface area (Å²) >= 11 is 0. The first-order valence-electron chi connectivity index (χ1n) is 4.71. The van der Waals surface area contributed by atoms with Crippen molar-refractivity contribution in [3.8, 4) is 11.4 Å². The smallest absolute Gasteiger partial charge is 0.341 e. The van der Waals surface area contributed by atoms with Crippen molar-refractivity contribution in [2.75, 3.05) is 0 Å². The number of rotatable bonds is 2. The molecule has 0 bridgehead atoms. The Morgan fingerprint density at radius 3 is 2.69 bits per heavy atom. The number of aromatic nitrogens is 3. The van der Waals surface area contributed by atoms with Crippen molar-refractivity contribution in [3.05, 3.63) is 23.1 Å². The number of carboxylic acids is 1. The topological polar surface area (TPSA) is 81.2 Å². The molecule has 2 aromatic heterocycles. The second-order valence-electron chi connectivity index (χ2n) is 3.56. The highest BCUT2D eigenvalue weighted by atomic mass is 16.5. The van der Waals surface area contributed by atoms with Gasteiger partial charge in [0.2, 0.25) is 0 Å². The molecular formula is C10H11N3O3. The Balaban J connectivity index is 2.60. The fourth-order valence-corrected chi connectivity index (χ4v) is 1.48. The highest BCUT2D eigenvalue weighted by Gasteiger charge is 2.22. The summed E-state index contributed by atoms with van der Waals surface area (Å²) in [6.07, 6.45) is 0. The van der Waals surface area contributed by atoms with Crippen LogP contribution in [0.3, 0.4) is 0 Å². The molecule has 0 saturated heterocycles. The van der Waals surface area contributed by atoms with Gasteiger partial charge in [0, 0.05) is 12.7 Å². The Morgan fingerprint density at radius 1 is 1.50 bits per heavy atom. The third-order valence-electron chi connectivity index (χ3n) is 2.43. The fourth-order valence-electron chi connectivity index (χ4n) is 1.48. The number of carboxylic acid groups (broad SMARTS) is 1. The number of hydrogen-bond acceptors (Lipinski definition) is 4. The van der Waals surface area contributed by atoms with E-state index in [1.54, 1.807) is 24.7 Å². The van der Waals surface area contributed by atoms with Crippen molar-refractivity contribution < 1.29 is 14.4 Å². The quantitative estimate of drug-likeness (QED) is 0.828. The third-order valence-corrected chi connectivity index (χ3v) is 2.43. The molecular weight excluding hydrogens is 210 g/mol. The zero-order valence-corrected chi connectivity index (χ0v) is 9.18. The SMILES string of the molecule is Cc1onc(-c2cc(C)n(C)n2)c1C(=O)O. The molecule has 2 aromatic rings. The predicted molar refractivity (Wildman–Crippen MR) is 55.1 cm³/mol. The van der Waals surface area contributed by atoms with Crippen LogP contribution >= 0.6 is 0 Å². The number of hydrogen-bond donors (Lipinski definition) is 1. The molecule has 0 aromatic carbocycles. The van der Waals surface area contributed by atoms with E-state index in [0.29, 0.717) is 5.69 Å². The molecule has 0 amide bonds. The van der Waals surface area contributed by atoms with Gasteiger partial charge in [-0.25, -0.2) is 4.79 Å². The average molecular weight is 221 g/mol. The summed E-state index contributed by atoms with van der Waals surface area (Å²) in [5.74, 6) is -0.775. The standard InChI is InChI=1S/C10H11N3O3/c1-5-4-7(11-13(5)3)9-8(10(14)15)6(2)16-12-9/h4H,1-3H3,(H,14,15). The monoisotopic (exact) mass is 221 g/mol. The van der Waals surface area contributed by atoms with Gasteiger partial charge in [-0.05, 0) is 19.9 Å². The Morgan fingerprint density at radius 2 is 2.19 bits per heavy atom. The molecule has 2 heterocycles. The van der Waals surface area contributed by atoms with Gasteiger partial charge in [-0.3, -0.25) is 4.68 Å². The van der Waals surface area contributed by atoms with Crippen molar-refractivity contribution in [3.63, 3.8) is 0 Å². The molecule has 0 fully saturated rings. The van der Waals surface area contributed by atoms with Crippen molar-refractivity contribution in [1.82, 2.24) is 14.9 Å². The molecule has 0 radical (unpaired) electrons. The highest BCUT2D eigenvalue weighted by molar-refractivity contribution is 5.95. The summed E-state index contributed by atoms with van der Waals surface area (Å²) in [5.41, 5.74) is 1.77. The van der Waals surface area contributed by atoms with E-state index in [2.05, 4.69) is 10.3 Å². The number of carbonyl (C=O) groups is 1. The van der Waals surface area contributed by atoms with Crippen LogP contribution in [0.25, 0.3) is 11.4 Å². The Hall–Kier alpha value is -2.11. The van der Waals surface area contributed by atoms with Crippen molar-refractivity contribution in [2.24, 2.45) is 7.05 Å². The predicted octanol–water partition coefficient (Wildman–Crippen LogP) is 1.39. The normalized spacial score (nSPS) is 10.7. The molecule has 0 saturated carbocycles. The molecule has 0 aliphatic heterocycles. The lowest BCUT2D eigenvalue weighted by molar-refractivity contribution is 0.0695. The van der Waals surface area contributed by atoms with Gasteiger partial charge >= 0.3 is 5.97 Å². The van der Waals surface area contributed by atoms with E-state index in [1.165, 1.54) is 0 Å². The molecule has 0 aliphatic rings. The van der Waals surface area contributed by atoms with E-state index in [4.69, 9.17) is 9.63 Å². The van der Waals surface area contributed by atoms with Crippen LogP contribution < -0.4 is 0 Å². The van der Waals surface area contributed by atoms with Crippen LogP contribution in [0.5, 0.6) is 0 Å². The molecule has 0 atom stereocenters. The van der Waals surface area contributed by atoms with Gasteiger partial charge in [0.25, 0.3) is 0 Å². The Bertz CT molecular complexity index is 534. The maximum absolute atomic E-state index is 11.0. The molecule has 84 valence electrons.